The average molecular weight is 867 g/mol. The molecule has 0 bridgehead atoms. The summed E-state index contributed by atoms with van der Waals surface area (Å²) in [5.74, 6) is -9.25. The van der Waals surface area contributed by atoms with Crippen molar-refractivity contribution in [2.45, 2.75) is 142 Å². The zero-order chi connectivity index (χ0) is 46.6. The molecule has 344 valence electrons. The predicted molar refractivity (Wildman–Crippen MR) is 222 cm³/mol. The number of carboxylic acids is 2. The highest BCUT2D eigenvalue weighted by Gasteiger charge is 2.36. The summed E-state index contributed by atoms with van der Waals surface area (Å²) in [6.07, 6.45) is 1.06. The van der Waals surface area contributed by atoms with Crippen molar-refractivity contribution >= 4 is 53.3 Å². The van der Waals surface area contributed by atoms with Crippen LogP contribution in [0.4, 0.5) is 0 Å². The fourth-order valence-corrected chi connectivity index (χ4v) is 5.90. The number of hydrogen-bond donors (Lipinski definition) is 13. The number of carbonyl (C=O) groups excluding carboxylic acids is 6. The summed E-state index contributed by atoms with van der Waals surface area (Å²) in [5, 5.41) is 44.3. The molecule has 0 aliphatic carbocycles. The van der Waals surface area contributed by atoms with E-state index in [1.54, 1.807) is 41.5 Å². The van der Waals surface area contributed by atoms with E-state index in [1.807, 2.05) is 0 Å². The fraction of sp³-hybridized carbons (Fsp3) is 0.684. The molecule has 1 aromatic heterocycles. The molecule has 0 aliphatic rings. The van der Waals surface area contributed by atoms with Crippen LogP contribution in [0, 0.1) is 17.8 Å². The van der Waals surface area contributed by atoms with Gasteiger partial charge in [0, 0.05) is 24.9 Å². The zero-order valence-corrected chi connectivity index (χ0v) is 35.9. The Kier molecular flexibility index (Phi) is 23.0. The first-order valence-corrected chi connectivity index (χ1v) is 20.2. The van der Waals surface area contributed by atoms with E-state index in [2.05, 4.69) is 46.9 Å². The summed E-state index contributed by atoms with van der Waals surface area (Å²) in [5.41, 5.74) is 16.8. The van der Waals surface area contributed by atoms with Crippen LogP contribution in [-0.2, 0) is 44.8 Å². The van der Waals surface area contributed by atoms with Gasteiger partial charge in [-0.3, -0.25) is 38.6 Å². The smallest absolute Gasteiger partial charge is 0.326 e. The summed E-state index contributed by atoms with van der Waals surface area (Å²) >= 11 is 0. The Hall–Kier alpha value is -5.84. The van der Waals surface area contributed by atoms with Gasteiger partial charge in [-0.25, -0.2) is 9.78 Å². The predicted octanol–water partition coefficient (Wildman–Crippen LogP) is -2.68. The van der Waals surface area contributed by atoms with Gasteiger partial charge in [0.25, 0.3) is 0 Å². The molecule has 1 heterocycles. The minimum absolute atomic E-state index is 0.00729. The van der Waals surface area contributed by atoms with Crippen LogP contribution in [0.15, 0.2) is 17.5 Å². The Morgan fingerprint density at radius 3 is 1.67 bits per heavy atom. The monoisotopic (exact) mass is 866 g/mol. The van der Waals surface area contributed by atoms with Gasteiger partial charge < -0.3 is 69.4 Å². The SMILES string of the molecule is CC[C@H](C)[C@H](NC(=O)[C@H](CC(C)C)NC(=O)[C@H](CC(=O)O)NC(=O)[C@H](CC(C)C)NC(=O)[C@H](Cc1cnc[nH]1)NC(=O)[C@@H](N)[C@@H](C)O)C(=O)N[C@@H](CCCN=C(N)N)C(=O)O. The number of rotatable bonds is 28. The van der Waals surface area contributed by atoms with Gasteiger partial charge in [-0.2, -0.15) is 0 Å². The second kappa shape index (κ2) is 26.4. The van der Waals surface area contributed by atoms with Crippen LogP contribution in [0.25, 0.3) is 0 Å². The van der Waals surface area contributed by atoms with Gasteiger partial charge in [-0.15, -0.1) is 0 Å². The van der Waals surface area contributed by atoms with Gasteiger partial charge in [-0.05, 0) is 50.4 Å². The van der Waals surface area contributed by atoms with Crippen molar-refractivity contribution in [1.82, 2.24) is 41.9 Å². The first kappa shape index (κ1) is 53.2. The number of nitrogens with zero attached hydrogens (tertiary/aromatic N) is 2. The van der Waals surface area contributed by atoms with Crippen LogP contribution >= 0.6 is 0 Å². The van der Waals surface area contributed by atoms with Crippen LogP contribution in [0.2, 0.25) is 0 Å². The molecule has 9 atom stereocenters. The number of aliphatic carboxylic acids is 2. The largest absolute Gasteiger partial charge is 0.481 e. The number of aromatic nitrogens is 2. The molecule has 0 spiro atoms. The van der Waals surface area contributed by atoms with Crippen molar-refractivity contribution in [3.05, 3.63) is 18.2 Å². The third-order valence-electron chi connectivity index (χ3n) is 9.48. The van der Waals surface area contributed by atoms with E-state index in [9.17, 15) is 53.7 Å². The van der Waals surface area contributed by atoms with E-state index in [0.717, 1.165) is 0 Å². The van der Waals surface area contributed by atoms with E-state index >= 15 is 0 Å². The summed E-state index contributed by atoms with van der Waals surface area (Å²) in [7, 11) is 0. The zero-order valence-electron chi connectivity index (χ0n) is 35.9. The summed E-state index contributed by atoms with van der Waals surface area (Å²) in [6, 6.07) is -9.74. The Balaban J connectivity index is 3.35. The van der Waals surface area contributed by atoms with Crippen molar-refractivity contribution < 1.29 is 53.7 Å². The van der Waals surface area contributed by atoms with Gasteiger partial charge in [0.1, 0.15) is 42.3 Å². The lowest BCUT2D eigenvalue weighted by molar-refractivity contribution is -0.143. The number of guanidine groups is 1. The van der Waals surface area contributed by atoms with Crippen molar-refractivity contribution in [2.75, 3.05) is 6.54 Å². The number of hydrogen-bond acceptors (Lipinski definition) is 12. The number of H-pyrrole nitrogens is 1. The van der Waals surface area contributed by atoms with Gasteiger partial charge in [0.2, 0.25) is 35.4 Å². The molecule has 61 heavy (non-hydrogen) atoms. The summed E-state index contributed by atoms with van der Waals surface area (Å²) in [6.45, 7) is 11.8. The molecule has 23 nitrogen and oxygen atoms in total. The lowest BCUT2D eigenvalue weighted by atomic mass is 9.96. The standard InChI is InChI=1S/C38H66N12O11/c1-8-20(6)30(36(59)45-23(37(60)61)10-9-11-43-38(40)41)50-34(57)25(13-19(4)5)47-33(56)27(15-28(52)53)48-31(54)24(12-18(2)3)46-32(55)26(14-22-16-42-17-44-22)49-35(58)29(39)21(7)51/h16-21,23-27,29-30,51H,8-15,39H2,1-7H3,(H,42,44)(H,45,59)(H,46,55)(H,47,56)(H,48,54)(H,49,58)(H,50,57)(H,52,53)(H,60,61)(H4,40,41,43)/t20-,21+,23-,24-,25-,26-,27-,29-,30-/m0/s1. The van der Waals surface area contributed by atoms with Crippen LogP contribution in [0.5, 0.6) is 0 Å². The highest BCUT2D eigenvalue weighted by atomic mass is 16.4. The number of aliphatic hydroxyl groups is 1. The molecule has 23 heteroatoms. The number of aliphatic imine (C=N–C) groups is 1. The number of aromatic amines is 1. The third-order valence-corrected chi connectivity index (χ3v) is 9.48. The van der Waals surface area contributed by atoms with E-state index in [0.29, 0.717) is 12.1 Å². The Bertz CT molecular complexity index is 1650. The number of imidazole rings is 1. The van der Waals surface area contributed by atoms with Crippen LogP contribution in [0.3, 0.4) is 0 Å². The Labute approximate surface area is 355 Å². The average Bonchev–Trinajstić information content (AvgIpc) is 3.68. The van der Waals surface area contributed by atoms with Gasteiger partial charge in [0.15, 0.2) is 5.96 Å². The van der Waals surface area contributed by atoms with Crippen LogP contribution < -0.4 is 49.1 Å². The van der Waals surface area contributed by atoms with E-state index < -0.39 is 108 Å². The van der Waals surface area contributed by atoms with E-state index in [1.165, 1.54) is 19.4 Å². The topological polar surface area (TPSA) is 389 Å². The second-order valence-electron chi connectivity index (χ2n) is 15.9. The lowest BCUT2D eigenvalue weighted by Crippen LogP contribution is -2.61. The molecule has 0 fully saturated rings. The first-order chi connectivity index (χ1) is 28.5. The van der Waals surface area contributed by atoms with Crippen LogP contribution in [-0.4, -0.2) is 134 Å². The molecule has 0 aliphatic heterocycles. The van der Waals surface area contributed by atoms with Gasteiger partial charge in [-0.1, -0.05) is 48.0 Å². The number of aliphatic hydroxyl groups excluding tert-OH is 1. The molecule has 6 amide bonds. The molecule has 0 aromatic carbocycles. The molecular weight excluding hydrogens is 800 g/mol. The van der Waals surface area contributed by atoms with Crippen molar-refractivity contribution in [1.29, 1.82) is 0 Å². The molecule has 0 radical (unpaired) electrons. The Morgan fingerprint density at radius 2 is 1.21 bits per heavy atom. The van der Waals surface area contributed by atoms with Crippen LogP contribution in [0.1, 0.15) is 92.7 Å². The maximum absolute atomic E-state index is 13.8. The Morgan fingerprint density at radius 1 is 0.721 bits per heavy atom. The number of nitrogens with one attached hydrogen (secondary N) is 7. The molecule has 1 rings (SSSR count). The number of nitrogens with two attached hydrogens (primary N) is 3. The minimum atomic E-state index is -1.76. The quantitative estimate of drug-likeness (QED) is 0.0232. The maximum Gasteiger partial charge on any atom is 0.326 e. The highest BCUT2D eigenvalue weighted by Crippen LogP contribution is 2.13. The van der Waals surface area contributed by atoms with Crippen molar-refractivity contribution in [3.63, 3.8) is 0 Å². The van der Waals surface area contributed by atoms with E-state index in [4.69, 9.17) is 17.2 Å². The fourth-order valence-electron chi connectivity index (χ4n) is 5.90. The summed E-state index contributed by atoms with van der Waals surface area (Å²) < 4.78 is 0. The summed E-state index contributed by atoms with van der Waals surface area (Å²) in [4.78, 5) is 116. The molecule has 0 unspecified atom stereocenters. The normalized spacial score (nSPS) is 15.7. The molecule has 1 aromatic rings. The molecule has 0 saturated carbocycles. The van der Waals surface area contributed by atoms with Gasteiger partial charge >= 0.3 is 11.9 Å². The maximum atomic E-state index is 13.8. The van der Waals surface area contributed by atoms with Crippen molar-refractivity contribution in [2.24, 2.45) is 39.9 Å². The molecular formula is C38H66N12O11. The number of carboxylic acid groups (broad SMARTS) is 2. The minimum Gasteiger partial charge on any atom is -0.481 e. The number of amides is 6. The van der Waals surface area contributed by atoms with E-state index in [-0.39, 0.29) is 56.4 Å². The second-order valence-corrected chi connectivity index (χ2v) is 15.9. The first-order valence-electron chi connectivity index (χ1n) is 20.2. The lowest BCUT2D eigenvalue weighted by Gasteiger charge is -2.29. The third kappa shape index (κ3) is 19.8. The molecule has 16 N–H and O–H groups in total. The number of carbonyl (C=O) groups is 8. The van der Waals surface area contributed by atoms with Crippen molar-refractivity contribution in [3.8, 4) is 0 Å². The molecule has 0 saturated heterocycles. The highest BCUT2D eigenvalue weighted by molar-refractivity contribution is 5.98. The van der Waals surface area contributed by atoms with Gasteiger partial charge in [0.05, 0.1) is 18.9 Å².